The van der Waals surface area contributed by atoms with Crippen molar-refractivity contribution in [3.8, 4) is 22.5 Å². The molecule has 4 aromatic rings. The number of carbonyl (C=O) groups is 2. The van der Waals surface area contributed by atoms with Crippen LogP contribution >= 0.6 is 0 Å². The molecule has 5 rings (SSSR count). The van der Waals surface area contributed by atoms with E-state index in [1.165, 1.54) is 7.11 Å². The van der Waals surface area contributed by atoms with Crippen LogP contribution in [0.25, 0.3) is 22.5 Å². The van der Waals surface area contributed by atoms with Crippen LogP contribution in [0.1, 0.15) is 50.7 Å². The Balaban J connectivity index is 1.53. The van der Waals surface area contributed by atoms with Crippen molar-refractivity contribution in [1.82, 2.24) is 19.9 Å². The average Bonchev–Trinajstić information content (AvgIpc) is 2.97. The summed E-state index contributed by atoms with van der Waals surface area (Å²) in [5.41, 5.74) is 5.65. The Labute approximate surface area is 216 Å². The summed E-state index contributed by atoms with van der Waals surface area (Å²) >= 11 is 0. The Morgan fingerprint density at radius 3 is 2.43 bits per heavy atom. The second-order valence-corrected chi connectivity index (χ2v) is 9.17. The molecule has 2 aromatic carbocycles. The fourth-order valence-electron chi connectivity index (χ4n) is 4.94. The lowest BCUT2D eigenvalue weighted by Crippen LogP contribution is -2.40. The van der Waals surface area contributed by atoms with E-state index in [9.17, 15) is 9.59 Å². The molecule has 0 saturated carbocycles. The van der Waals surface area contributed by atoms with Crippen molar-refractivity contribution in [1.29, 1.82) is 0 Å². The number of amides is 1. The highest BCUT2D eigenvalue weighted by Crippen LogP contribution is 2.36. The monoisotopic (exact) mass is 492 g/mol. The number of benzene rings is 2. The molecule has 2 aromatic heterocycles. The number of nitrogens with zero attached hydrogens (tertiary/aromatic N) is 4. The average molecular weight is 493 g/mol. The van der Waals surface area contributed by atoms with E-state index in [0.29, 0.717) is 24.5 Å². The number of aryl methyl sites for hydroxylation is 1. The van der Waals surface area contributed by atoms with Gasteiger partial charge in [0.05, 0.1) is 23.9 Å². The van der Waals surface area contributed by atoms with Gasteiger partial charge in [0.25, 0.3) is 5.91 Å². The largest absolute Gasteiger partial charge is 0.465 e. The predicted octanol–water partition coefficient (Wildman–Crippen LogP) is 5.32. The Morgan fingerprint density at radius 2 is 1.68 bits per heavy atom. The molecule has 1 atom stereocenters. The highest BCUT2D eigenvalue weighted by molar-refractivity contribution is 6.05. The molecule has 37 heavy (non-hydrogen) atoms. The molecule has 3 heterocycles. The maximum absolute atomic E-state index is 13.6. The summed E-state index contributed by atoms with van der Waals surface area (Å²) in [5, 5.41) is 0. The number of piperidine rings is 1. The molecule has 7 heteroatoms. The summed E-state index contributed by atoms with van der Waals surface area (Å²) in [6.45, 7) is 3.20. The summed E-state index contributed by atoms with van der Waals surface area (Å²) in [7, 11) is 1.32. The van der Waals surface area contributed by atoms with Crippen molar-refractivity contribution in [3.63, 3.8) is 0 Å². The molecular formula is C30H28N4O3. The molecular weight excluding hydrogens is 464 g/mol. The van der Waals surface area contributed by atoms with Gasteiger partial charge in [-0.25, -0.2) is 14.8 Å². The Morgan fingerprint density at radius 1 is 0.946 bits per heavy atom. The quantitative estimate of drug-likeness (QED) is 0.351. The van der Waals surface area contributed by atoms with Crippen LogP contribution in [0.15, 0.2) is 79.3 Å². The Hall–Kier alpha value is -4.39. The summed E-state index contributed by atoms with van der Waals surface area (Å²) in [4.78, 5) is 41.6. The van der Waals surface area contributed by atoms with E-state index >= 15 is 0 Å². The molecule has 0 radical (unpaired) electrons. The van der Waals surface area contributed by atoms with Gasteiger partial charge in [0.15, 0.2) is 5.82 Å². The summed E-state index contributed by atoms with van der Waals surface area (Å²) < 4.78 is 4.90. The third-order valence-electron chi connectivity index (χ3n) is 6.85. The number of aromatic nitrogens is 3. The number of likely N-dealkylation sites (tertiary alicyclic amines) is 1. The van der Waals surface area contributed by atoms with Crippen LogP contribution < -0.4 is 0 Å². The topological polar surface area (TPSA) is 85.3 Å². The fraction of sp³-hybridized carbons (Fsp3) is 0.233. The zero-order valence-electron chi connectivity index (χ0n) is 20.9. The lowest BCUT2D eigenvalue weighted by atomic mass is 9.88. The SMILES string of the molecule is COC(=O)c1ccccc1C(=O)N1CCC[C@H](c2nc(-c3ccncc3)ncc2-c2ccccc2C)C1. The van der Waals surface area contributed by atoms with E-state index in [2.05, 4.69) is 24.0 Å². The molecule has 1 aliphatic rings. The molecule has 0 unspecified atom stereocenters. The predicted molar refractivity (Wildman–Crippen MR) is 141 cm³/mol. The van der Waals surface area contributed by atoms with Gasteiger partial charge in [0.1, 0.15) is 0 Å². The maximum atomic E-state index is 13.6. The summed E-state index contributed by atoms with van der Waals surface area (Å²) in [5.74, 6) is -0.0425. The van der Waals surface area contributed by atoms with Crippen molar-refractivity contribution in [2.45, 2.75) is 25.7 Å². The molecule has 0 N–H and O–H groups in total. The van der Waals surface area contributed by atoms with Crippen LogP contribution in [0.2, 0.25) is 0 Å². The minimum atomic E-state index is -0.517. The van der Waals surface area contributed by atoms with E-state index in [4.69, 9.17) is 14.7 Å². The fourth-order valence-corrected chi connectivity index (χ4v) is 4.94. The second-order valence-electron chi connectivity index (χ2n) is 9.17. The number of esters is 1. The number of pyridine rings is 1. The van der Waals surface area contributed by atoms with Crippen LogP contribution in [0.4, 0.5) is 0 Å². The Bertz CT molecular complexity index is 1440. The van der Waals surface area contributed by atoms with Crippen molar-refractivity contribution in [3.05, 3.63) is 102 Å². The van der Waals surface area contributed by atoms with Gasteiger partial charge in [0.2, 0.25) is 0 Å². The zero-order valence-corrected chi connectivity index (χ0v) is 20.9. The van der Waals surface area contributed by atoms with Gasteiger partial charge in [-0.1, -0.05) is 36.4 Å². The smallest absolute Gasteiger partial charge is 0.338 e. The van der Waals surface area contributed by atoms with Crippen LogP contribution in [-0.4, -0.2) is 51.9 Å². The van der Waals surface area contributed by atoms with E-state index in [1.807, 2.05) is 35.4 Å². The van der Waals surface area contributed by atoms with Crippen molar-refractivity contribution in [2.75, 3.05) is 20.2 Å². The third-order valence-corrected chi connectivity index (χ3v) is 6.85. The lowest BCUT2D eigenvalue weighted by Gasteiger charge is -2.34. The minimum Gasteiger partial charge on any atom is -0.465 e. The van der Waals surface area contributed by atoms with Crippen LogP contribution in [0.5, 0.6) is 0 Å². The molecule has 1 aliphatic heterocycles. The highest BCUT2D eigenvalue weighted by Gasteiger charge is 2.30. The first kappa shape index (κ1) is 24.3. The standard InChI is InChI=1S/C30H28N4O3/c1-20-8-3-4-10-23(20)26-18-32-28(21-13-15-31-16-14-21)33-27(26)22-9-7-17-34(19-22)29(35)24-11-5-6-12-25(24)30(36)37-2/h3-6,8,10-16,18,22H,7,9,17,19H2,1-2H3/t22-/m0/s1. The molecule has 1 amide bonds. The number of hydrogen-bond acceptors (Lipinski definition) is 6. The first-order valence-electron chi connectivity index (χ1n) is 12.4. The summed E-state index contributed by atoms with van der Waals surface area (Å²) in [6.07, 6.45) is 7.08. The van der Waals surface area contributed by atoms with Gasteiger partial charge < -0.3 is 9.64 Å². The molecule has 0 aliphatic carbocycles. The highest BCUT2D eigenvalue weighted by atomic mass is 16.5. The third kappa shape index (κ3) is 4.98. The lowest BCUT2D eigenvalue weighted by molar-refractivity contribution is 0.0586. The molecule has 7 nitrogen and oxygen atoms in total. The number of methoxy groups -OCH3 is 1. The van der Waals surface area contributed by atoms with Gasteiger partial charge in [-0.15, -0.1) is 0 Å². The van der Waals surface area contributed by atoms with Crippen molar-refractivity contribution >= 4 is 11.9 Å². The summed E-state index contributed by atoms with van der Waals surface area (Å²) in [6, 6.07) is 18.8. The van der Waals surface area contributed by atoms with Gasteiger partial charge in [-0.3, -0.25) is 9.78 Å². The van der Waals surface area contributed by atoms with Gasteiger partial charge in [0, 0.05) is 48.7 Å². The van der Waals surface area contributed by atoms with Gasteiger partial charge in [-0.05, 0) is 55.2 Å². The van der Waals surface area contributed by atoms with Crippen LogP contribution in [0, 0.1) is 6.92 Å². The molecule has 0 bridgehead atoms. The number of carbonyl (C=O) groups excluding carboxylic acids is 2. The first-order chi connectivity index (χ1) is 18.1. The van der Waals surface area contributed by atoms with Crippen LogP contribution in [0.3, 0.4) is 0 Å². The minimum absolute atomic E-state index is 0.0150. The van der Waals surface area contributed by atoms with Crippen LogP contribution in [-0.2, 0) is 4.74 Å². The first-order valence-corrected chi connectivity index (χ1v) is 12.4. The number of rotatable bonds is 5. The maximum Gasteiger partial charge on any atom is 0.338 e. The molecule has 1 fully saturated rings. The van der Waals surface area contributed by atoms with Crippen molar-refractivity contribution in [2.24, 2.45) is 0 Å². The molecule has 186 valence electrons. The van der Waals surface area contributed by atoms with E-state index in [1.54, 1.807) is 36.7 Å². The zero-order chi connectivity index (χ0) is 25.8. The Kier molecular flexibility index (Phi) is 7.03. The van der Waals surface area contributed by atoms with Crippen molar-refractivity contribution < 1.29 is 14.3 Å². The van der Waals surface area contributed by atoms with Gasteiger partial charge >= 0.3 is 5.97 Å². The number of hydrogen-bond donors (Lipinski definition) is 0. The number of ether oxygens (including phenoxy) is 1. The second kappa shape index (κ2) is 10.7. The van der Waals surface area contributed by atoms with E-state index < -0.39 is 5.97 Å². The molecule has 0 spiro atoms. The van der Waals surface area contributed by atoms with Gasteiger partial charge in [-0.2, -0.15) is 0 Å². The van der Waals surface area contributed by atoms with E-state index in [0.717, 1.165) is 40.8 Å². The van der Waals surface area contributed by atoms with E-state index in [-0.39, 0.29) is 17.4 Å². The molecule has 1 saturated heterocycles. The normalized spacial score (nSPS) is 15.3.